The van der Waals surface area contributed by atoms with Crippen molar-refractivity contribution in [1.29, 1.82) is 0 Å². The van der Waals surface area contributed by atoms with E-state index in [0.29, 0.717) is 13.0 Å². The van der Waals surface area contributed by atoms with Gasteiger partial charge in [0, 0.05) is 19.6 Å². The SMILES string of the molecule is COc1ccccc1CCNC(=O)NCCN1C(=O)CSC1=O. The van der Waals surface area contributed by atoms with Crippen LogP contribution in [0.1, 0.15) is 5.56 Å². The van der Waals surface area contributed by atoms with Crippen LogP contribution in [0.25, 0.3) is 0 Å². The van der Waals surface area contributed by atoms with Gasteiger partial charge in [-0.25, -0.2) is 4.79 Å². The molecule has 1 aromatic rings. The molecule has 1 heterocycles. The van der Waals surface area contributed by atoms with Gasteiger partial charge in [0.15, 0.2) is 0 Å². The lowest BCUT2D eigenvalue weighted by Gasteiger charge is -2.13. The van der Waals surface area contributed by atoms with Gasteiger partial charge in [-0.3, -0.25) is 14.5 Å². The Labute approximate surface area is 138 Å². The van der Waals surface area contributed by atoms with Gasteiger partial charge in [0.05, 0.1) is 12.9 Å². The van der Waals surface area contributed by atoms with E-state index in [1.165, 1.54) is 0 Å². The molecule has 8 heteroatoms. The zero-order valence-electron chi connectivity index (χ0n) is 12.8. The second-order valence-corrected chi connectivity index (χ2v) is 5.77. The molecule has 0 aromatic heterocycles. The summed E-state index contributed by atoms with van der Waals surface area (Å²) in [4.78, 5) is 35.6. The van der Waals surface area contributed by atoms with Crippen molar-refractivity contribution in [2.75, 3.05) is 32.5 Å². The van der Waals surface area contributed by atoms with Crippen molar-refractivity contribution < 1.29 is 19.1 Å². The number of nitrogens with one attached hydrogen (secondary N) is 2. The minimum absolute atomic E-state index is 0.184. The number of rotatable bonds is 7. The van der Waals surface area contributed by atoms with Crippen LogP contribution in [0, 0.1) is 0 Å². The molecule has 2 rings (SSSR count). The van der Waals surface area contributed by atoms with Crippen LogP contribution in [0.4, 0.5) is 9.59 Å². The number of hydrogen-bond donors (Lipinski definition) is 2. The van der Waals surface area contributed by atoms with E-state index >= 15 is 0 Å². The van der Waals surface area contributed by atoms with Gasteiger partial charge in [0.1, 0.15) is 5.75 Å². The molecule has 7 nitrogen and oxygen atoms in total. The molecular weight excluding hydrogens is 318 g/mol. The van der Waals surface area contributed by atoms with E-state index in [1.54, 1.807) is 7.11 Å². The summed E-state index contributed by atoms with van der Waals surface area (Å²) >= 11 is 0.985. The molecule has 2 N–H and O–H groups in total. The average Bonchev–Trinajstić information content (AvgIpc) is 2.87. The van der Waals surface area contributed by atoms with Gasteiger partial charge < -0.3 is 15.4 Å². The van der Waals surface area contributed by atoms with Crippen LogP contribution < -0.4 is 15.4 Å². The summed E-state index contributed by atoms with van der Waals surface area (Å²) in [5.41, 5.74) is 1.01. The van der Waals surface area contributed by atoms with E-state index in [1.807, 2.05) is 24.3 Å². The van der Waals surface area contributed by atoms with Gasteiger partial charge in [-0.2, -0.15) is 0 Å². The number of carbonyl (C=O) groups is 3. The third kappa shape index (κ3) is 4.88. The van der Waals surface area contributed by atoms with Crippen molar-refractivity contribution in [1.82, 2.24) is 15.5 Å². The summed E-state index contributed by atoms with van der Waals surface area (Å²) in [5.74, 6) is 0.765. The zero-order chi connectivity index (χ0) is 16.7. The number of amides is 4. The molecule has 0 bridgehead atoms. The van der Waals surface area contributed by atoms with Crippen molar-refractivity contribution in [3.05, 3.63) is 29.8 Å². The minimum atomic E-state index is -0.327. The standard InChI is InChI=1S/C15H19N3O4S/c1-22-12-5-3-2-4-11(12)6-7-16-14(20)17-8-9-18-13(19)10-23-15(18)21/h2-5H,6-10H2,1H3,(H2,16,17,20). The van der Waals surface area contributed by atoms with Crippen LogP contribution in [-0.4, -0.2) is 54.6 Å². The van der Waals surface area contributed by atoms with Crippen molar-refractivity contribution in [2.24, 2.45) is 0 Å². The number of methoxy groups -OCH3 is 1. The van der Waals surface area contributed by atoms with Crippen molar-refractivity contribution in [3.63, 3.8) is 0 Å². The van der Waals surface area contributed by atoms with Crippen LogP contribution in [0.3, 0.4) is 0 Å². The Morgan fingerprint density at radius 1 is 1.26 bits per heavy atom. The maximum atomic E-state index is 11.7. The van der Waals surface area contributed by atoms with E-state index in [0.717, 1.165) is 28.0 Å². The molecule has 23 heavy (non-hydrogen) atoms. The minimum Gasteiger partial charge on any atom is -0.496 e. The molecule has 0 spiro atoms. The van der Waals surface area contributed by atoms with Crippen LogP contribution in [0.2, 0.25) is 0 Å². The van der Waals surface area contributed by atoms with Gasteiger partial charge >= 0.3 is 6.03 Å². The van der Waals surface area contributed by atoms with Gasteiger partial charge in [0.2, 0.25) is 5.91 Å². The molecule has 0 saturated carbocycles. The summed E-state index contributed by atoms with van der Waals surface area (Å²) in [6, 6.07) is 7.30. The van der Waals surface area contributed by atoms with Gasteiger partial charge in [-0.1, -0.05) is 30.0 Å². The van der Waals surface area contributed by atoms with Crippen LogP contribution in [0.5, 0.6) is 5.75 Å². The Balaban J connectivity index is 1.65. The highest BCUT2D eigenvalue weighted by Crippen LogP contribution is 2.18. The lowest BCUT2D eigenvalue weighted by atomic mass is 10.1. The molecule has 4 amide bonds. The predicted molar refractivity (Wildman–Crippen MR) is 87.7 cm³/mol. The molecule has 124 valence electrons. The van der Waals surface area contributed by atoms with E-state index in [-0.39, 0.29) is 36.0 Å². The first-order chi connectivity index (χ1) is 11.1. The van der Waals surface area contributed by atoms with Crippen molar-refractivity contribution in [2.45, 2.75) is 6.42 Å². The second-order valence-electron chi connectivity index (χ2n) is 4.84. The normalized spacial score (nSPS) is 14.0. The summed E-state index contributed by atoms with van der Waals surface area (Å²) in [7, 11) is 1.61. The molecule has 1 aromatic carbocycles. The third-order valence-corrected chi connectivity index (χ3v) is 4.19. The van der Waals surface area contributed by atoms with E-state index in [2.05, 4.69) is 10.6 Å². The smallest absolute Gasteiger partial charge is 0.314 e. The molecule has 0 radical (unpaired) electrons. The molecule has 1 aliphatic rings. The molecule has 1 saturated heterocycles. The summed E-state index contributed by atoms with van der Waals surface area (Å²) < 4.78 is 5.25. The Kier molecular flexibility index (Phi) is 6.28. The molecule has 1 aliphatic heterocycles. The zero-order valence-corrected chi connectivity index (χ0v) is 13.6. The number of ether oxygens (including phenoxy) is 1. The fraction of sp³-hybridized carbons (Fsp3) is 0.400. The van der Waals surface area contributed by atoms with Crippen molar-refractivity contribution >= 4 is 28.9 Å². The maximum absolute atomic E-state index is 11.7. The molecule has 0 aliphatic carbocycles. The first kappa shape index (κ1) is 17.1. The van der Waals surface area contributed by atoms with E-state index < -0.39 is 0 Å². The molecule has 0 atom stereocenters. The lowest BCUT2D eigenvalue weighted by Crippen LogP contribution is -2.42. The third-order valence-electron chi connectivity index (χ3n) is 3.33. The summed E-state index contributed by atoms with van der Waals surface area (Å²) in [5, 5.41) is 5.10. The van der Waals surface area contributed by atoms with E-state index in [4.69, 9.17) is 4.74 Å². The fourth-order valence-corrected chi connectivity index (χ4v) is 2.91. The highest BCUT2D eigenvalue weighted by atomic mass is 32.2. The number of carbonyl (C=O) groups excluding carboxylic acids is 3. The summed E-state index contributed by atoms with van der Waals surface area (Å²) in [6.45, 7) is 0.896. The number of thioether (sulfide) groups is 1. The largest absolute Gasteiger partial charge is 0.496 e. The molecular formula is C15H19N3O4S. The number of benzene rings is 1. The first-order valence-corrected chi connectivity index (χ1v) is 8.21. The lowest BCUT2D eigenvalue weighted by molar-refractivity contribution is -0.124. The van der Waals surface area contributed by atoms with Crippen LogP contribution in [0.15, 0.2) is 24.3 Å². The number of hydrogen-bond acceptors (Lipinski definition) is 5. The Hall–Kier alpha value is -2.22. The van der Waals surface area contributed by atoms with Gasteiger partial charge in [0.25, 0.3) is 5.24 Å². The highest BCUT2D eigenvalue weighted by Gasteiger charge is 2.29. The fourth-order valence-electron chi connectivity index (χ4n) is 2.16. The topological polar surface area (TPSA) is 87.7 Å². The predicted octanol–water partition coefficient (Wildman–Crippen LogP) is 1.23. The van der Waals surface area contributed by atoms with Crippen LogP contribution in [-0.2, 0) is 11.2 Å². The maximum Gasteiger partial charge on any atom is 0.314 e. The molecule has 1 fully saturated rings. The monoisotopic (exact) mass is 337 g/mol. The summed E-state index contributed by atoms with van der Waals surface area (Å²) in [6.07, 6.45) is 0.650. The average molecular weight is 337 g/mol. The molecule has 0 unspecified atom stereocenters. The Bertz CT molecular complexity index is 578. The number of nitrogens with zero attached hydrogens (tertiary/aromatic N) is 1. The number of imide groups is 1. The first-order valence-electron chi connectivity index (χ1n) is 7.22. The number of para-hydroxylation sites is 1. The van der Waals surface area contributed by atoms with E-state index in [9.17, 15) is 14.4 Å². The Morgan fingerprint density at radius 3 is 2.70 bits per heavy atom. The van der Waals surface area contributed by atoms with Crippen LogP contribution >= 0.6 is 11.8 Å². The Morgan fingerprint density at radius 2 is 2.00 bits per heavy atom. The van der Waals surface area contributed by atoms with Crippen molar-refractivity contribution in [3.8, 4) is 5.75 Å². The van der Waals surface area contributed by atoms with Gasteiger partial charge in [-0.05, 0) is 18.1 Å². The van der Waals surface area contributed by atoms with Gasteiger partial charge in [-0.15, -0.1) is 0 Å². The highest BCUT2D eigenvalue weighted by molar-refractivity contribution is 8.14. The number of urea groups is 1. The second kappa shape index (κ2) is 8.42. The quantitative estimate of drug-likeness (QED) is 0.781.